The van der Waals surface area contributed by atoms with Crippen LogP contribution in [0, 0.1) is 5.92 Å². The maximum Gasteiger partial charge on any atom is 0.229 e. The second kappa shape index (κ2) is 3.68. The minimum atomic E-state index is 0.313. The van der Waals surface area contributed by atoms with Crippen molar-refractivity contribution in [1.29, 1.82) is 0 Å². The van der Waals surface area contributed by atoms with E-state index in [0.717, 1.165) is 24.6 Å². The van der Waals surface area contributed by atoms with Gasteiger partial charge in [0.15, 0.2) is 5.82 Å². The molecule has 1 heterocycles. The molecule has 0 aromatic carbocycles. The van der Waals surface area contributed by atoms with Crippen LogP contribution in [0.2, 0.25) is 0 Å². The first-order valence-electron chi connectivity index (χ1n) is 6.09. The molecule has 0 radical (unpaired) electrons. The normalized spacial score (nSPS) is 30.7. The standard InChI is InChI=1S/C12H16N2O2/c1-7-6-10(7)11-13-12(16-14-11)8-2-4-9(15)5-3-8/h7-8,10H,2-6H2,1H3. The average Bonchev–Trinajstić information content (AvgIpc) is 2.82. The van der Waals surface area contributed by atoms with E-state index >= 15 is 0 Å². The Morgan fingerprint density at radius 2 is 2.00 bits per heavy atom. The number of ketones is 1. The molecule has 3 rings (SSSR count). The summed E-state index contributed by atoms with van der Waals surface area (Å²) < 4.78 is 5.32. The van der Waals surface area contributed by atoms with Crippen LogP contribution in [0.25, 0.3) is 0 Å². The average molecular weight is 220 g/mol. The van der Waals surface area contributed by atoms with E-state index < -0.39 is 0 Å². The van der Waals surface area contributed by atoms with Gasteiger partial charge in [-0.05, 0) is 25.2 Å². The zero-order chi connectivity index (χ0) is 11.1. The molecule has 2 saturated carbocycles. The number of carbonyl (C=O) groups excluding carboxylic acids is 1. The predicted octanol–water partition coefficient (Wildman–Crippen LogP) is 2.42. The molecular weight excluding hydrogens is 204 g/mol. The van der Waals surface area contributed by atoms with Crippen LogP contribution in [0.4, 0.5) is 0 Å². The Bertz CT molecular complexity index is 403. The smallest absolute Gasteiger partial charge is 0.229 e. The van der Waals surface area contributed by atoms with Gasteiger partial charge in [0.1, 0.15) is 5.78 Å². The lowest BCUT2D eigenvalue weighted by Gasteiger charge is -2.16. The topological polar surface area (TPSA) is 56.0 Å². The Balaban J connectivity index is 1.70. The molecule has 4 nitrogen and oxygen atoms in total. The molecule has 1 aromatic heterocycles. The fourth-order valence-electron chi connectivity index (χ4n) is 2.43. The molecular formula is C12H16N2O2. The number of aromatic nitrogens is 2. The van der Waals surface area contributed by atoms with Crippen LogP contribution >= 0.6 is 0 Å². The van der Waals surface area contributed by atoms with Gasteiger partial charge < -0.3 is 4.52 Å². The van der Waals surface area contributed by atoms with Gasteiger partial charge in [-0.3, -0.25) is 4.79 Å². The fraction of sp³-hybridized carbons (Fsp3) is 0.750. The molecule has 4 heteroatoms. The molecule has 2 aliphatic rings. The lowest BCUT2D eigenvalue weighted by atomic mass is 9.88. The Hall–Kier alpha value is -1.19. The molecule has 2 unspecified atom stereocenters. The predicted molar refractivity (Wildman–Crippen MR) is 57.0 cm³/mol. The van der Waals surface area contributed by atoms with E-state index in [4.69, 9.17) is 4.52 Å². The van der Waals surface area contributed by atoms with Crippen molar-refractivity contribution in [1.82, 2.24) is 10.1 Å². The summed E-state index contributed by atoms with van der Waals surface area (Å²) in [5.74, 6) is 3.53. The number of rotatable bonds is 2. The lowest BCUT2D eigenvalue weighted by Crippen LogP contribution is -2.12. The summed E-state index contributed by atoms with van der Waals surface area (Å²) >= 11 is 0. The van der Waals surface area contributed by atoms with E-state index in [0.29, 0.717) is 36.4 Å². The van der Waals surface area contributed by atoms with Gasteiger partial charge in [0.25, 0.3) is 0 Å². The molecule has 0 bridgehead atoms. The van der Waals surface area contributed by atoms with Crippen molar-refractivity contribution in [3.8, 4) is 0 Å². The first-order chi connectivity index (χ1) is 7.74. The lowest BCUT2D eigenvalue weighted by molar-refractivity contribution is -0.120. The first-order valence-corrected chi connectivity index (χ1v) is 6.09. The molecule has 0 amide bonds. The molecule has 2 fully saturated rings. The van der Waals surface area contributed by atoms with Gasteiger partial charge in [-0.1, -0.05) is 12.1 Å². The van der Waals surface area contributed by atoms with E-state index in [-0.39, 0.29) is 0 Å². The Morgan fingerprint density at radius 1 is 1.31 bits per heavy atom. The Morgan fingerprint density at radius 3 is 2.62 bits per heavy atom. The number of nitrogens with zero attached hydrogens (tertiary/aromatic N) is 2. The molecule has 0 N–H and O–H groups in total. The van der Waals surface area contributed by atoms with Crippen LogP contribution in [-0.4, -0.2) is 15.9 Å². The SMILES string of the molecule is CC1CC1c1noc(C2CCC(=O)CC2)n1. The van der Waals surface area contributed by atoms with Crippen molar-refractivity contribution in [2.75, 3.05) is 0 Å². The monoisotopic (exact) mass is 220 g/mol. The van der Waals surface area contributed by atoms with E-state index in [2.05, 4.69) is 17.1 Å². The number of Topliss-reactive ketones (excluding diaryl/α,β-unsaturated/α-hetero) is 1. The maximum atomic E-state index is 11.1. The molecule has 16 heavy (non-hydrogen) atoms. The summed E-state index contributed by atoms with van der Waals surface area (Å²) in [5, 5.41) is 4.05. The van der Waals surface area contributed by atoms with Gasteiger partial charge in [-0.2, -0.15) is 4.98 Å². The van der Waals surface area contributed by atoms with Crippen LogP contribution in [0.3, 0.4) is 0 Å². The minimum Gasteiger partial charge on any atom is -0.339 e. The van der Waals surface area contributed by atoms with Gasteiger partial charge in [-0.25, -0.2) is 0 Å². The van der Waals surface area contributed by atoms with Crippen molar-refractivity contribution in [2.24, 2.45) is 5.92 Å². The van der Waals surface area contributed by atoms with E-state index in [1.54, 1.807) is 0 Å². The van der Waals surface area contributed by atoms with Crippen LogP contribution in [0.1, 0.15) is 62.6 Å². The van der Waals surface area contributed by atoms with Crippen LogP contribution in [0.5, 0.6) is 0 Å². The molecule has 2 aliphatic carbocycles. The summed E-state index contributed by atoms with van der Waals surface area (Å²) in [6.45, 7) is 2.21. The largest absolute Gasteiger partial charge is 0.339 e. The molecule has 86 valence electrons. The van der Waals surface area contributed by atoms with Crippen molar-refractivity contribution >= 4 is 5.78 Å². The molecule has 2 atom stereocenters. The second-order valence-electron chi connectivity index (χ2n) is 5.12. The highest BCUT2D eigenvalue weighted by atomic mass is 16.5. The number of carbonyl (C=O) groups is 1. The molecule has 1 aromatic rings. The highest BCUT2D eigenvalue weighted by molar-refractivity contribution is 5.79. The Kier molecular flexibility index (Phi) is 2.30. The van der Waals surface area contributed by atoms with E-state index in [9.17, 15) is 4.79 Å². The third-order valence-electron chi connectivity index (χ3n) is 3.79. The highest BCUT2D eigenvalue weighted by Crippen LogP contribution is 2.46. The van der Waals surface area contributed by atoms with Crippen LogP contribution < -0.4 is 0 Å². The van der Waals surface area contributed by atoms with Crippen LogP contribution in [-0.2, 0) is 4.79 Å². The molecule has 0 spiro atoms. The highest BCUT2D eigenvalue weighted by Gasteiger charge is 2.38. The summed E-state index contributed by atoms with van der Waals surface area (Å²) in [5.41, 5.74) is 0. The molecule has 0 aliphatic heterocycles. The van der Waals surface area contributed by atoms with Gasteiger partial charge in [-0.15, -0.1) is 0 Å². The first kappa shape index (κ1) is 10.00. The fourth-order valence-corrected chi connectivity index (χ4v) is 2.43. The second-order valence-corrected chi connectivity index (χ2v) is 5.12. The summed E-state index contributed by atoms with van der Waals surface area (Å²) in [6.07, 6.45) is 4.27. The number of hydrogen-bond donors (Lipinski definition) is 0. The van der Waals surface area contributed by atoms with Gasteiger partial charge in [0.05, 0.1) is 0 Å². The van der Waals surface area contributed by atoms with Crippen molar-refractivity contribution < 1.29 is 9.32 Å². The zero-order valence-corrected chi connectivity index (χ0v) is 9.48. The third-order valence-corrected chi connectivity index (χ3v) is 3.79. The van der Waals surface area contributed by atoms with Crippen molar-refractivity contribution in [3.63, 3.8) is 0 Å². The van der Waals surface area contributed by atoms with Gasteiger partial charge >= 0.3 is 0 Å². The summed E-state index contributed by atoms with van der Waals surface area (Å²) in [6, 6.07) is 0. The Labute approximate surface area is 94.4 Å². The van der Waals surface area contributed by atoms with Crippen molar-refractivity contribution in [2.45, 2.75) is 50.9 Å². The summed E-state index contributed by atoms with van der Waals surface area (Å²) in [4.78, 5) is 15.6. The minimum absolute atomic E-state index is 0.313. The van der Waals surface area contributed by atoms with Crippen LogP contribution in [0.15, 0.2) is 4.52 Å². The third kappa shape index (κ3) is 1.77. The maximum absolute atomic E-state index is 11.1. The zero-order valence-electron chi connectivity index (χ0n) is 9.48. The number of hydrogen-bond acceptors (Lipinski definition) is 4. The van der Waals surface area contributed by atoms with E-state index in [1.165, 1.54) is 6.42 Å². The van der Waals surface area contributed by atoms with E-state index in [1.807, 2.05) is 0 Å². The molecule has 0 saturated heterocycles. The van der Waals surface area contributed by atoms with Gasteiger partial charge in [0.2, 0.25) is 5.89 Å². The summed E-state index contributed by atoms with van der Waals surface area (Å²) in [7, 11) is 0. The quantitative estimate of drug-likeness (QED) is 0.768. The van der Waals surface area contributed by atoms with Crippen molar-refractivity contribution in [3.05, 3.63) is 11.7 Å². The van der Waals surface area contributed by atoms with Gasteiger partial charge in [0, 0.05) is 24.7 Å².